The number of hydrogen-bond donors (Lipinski definition) is 1. The molecule has 4 heteroatoms. The predicted octanol–water partition coefficient (Wildman–Crippen LogP) is 0.338. The van der Waals surface area contributed by atoms with E-state index in [9.17, 15) is 0 Å². The molecule has 0 saturated carbocycles. The Morgan fingerprint density at radius 1 is 1.25 bits per heavy atom. The van der Waals surface area contributed by atoms with Crippen molar-refractivity contribution in [2.24, 2.45) is 0 Å². The summed E-state index contributed by atoms with van der Waals surface area (Å²) >= 11 is 0. The Hall–Kier alpha value is -0.970. The lowest BCUT2D eigenvalue weighted by molar-refractivity contribution is -0.101. The van der Waals surface area contributed by atoms with Crippen LogP contribution in [0.4, 0.5) is 0 Å². The second-order valence-corrected chi connectivity index (χ2v) is 4.47. The van der Waals surface area contributed by atoms with Gasteiger partial charge in [0.15, 0.2) is 0 Å². The van der Waals surface area contributed by atoms with Crippen LogP contribution < -0.4 is 5.32 Å². The molecule has 16 heavy (non-hydrogen) atoms. The summed E-state index contributed by atoms with van der Waals surface area (Å²) in [5.41, 5.74) is 1.39. The molecular formula is C12H16N2O2. The van der Waals surface area contributed by atoms with E-state index in [1.165, 1.54) is 5.56 Å². The minimum Gasteiger partial charge on any atom is -0.379 e. The lowest BCUT2D eigenvalue weighted by atomic mass is 9.72. The summed E-state index contributed by atoms with van der Waals surface area (Å²) in [4.78, 5) is 4.07. The first kappa shape index (κ1) is 10.2. The molecule has 2 saturated heterocycles. The van der Waals surface area contributed by atoms with Crippen LogP contribution in [-0.2, 0) is 14.9 Å². The number of pyridine rings is 1. The number of morpholine rings is 1. The number of nitrogens with zero attached hydrogens (tertiary/aromatic N) is 1. The van der Waals surface area contributed by atoms with Gasteiger partial charge < -0.3 is 14.8 Å². The molecule has 0 aliphatic carbocycles. The Morgan fingerprint density at radius 3 is 2.62 bits per heavy atom. The van der Waals surface area contributed by atoms with E-state index in [0.29, 0.717) is 6.04 Å². The number of aromatic nitrogens is 1. The summed E-state index contributed by atoms with van der Waals surface area (Å²) in [6.45, 7) is 4.06. The van der Waals surface area contributed by atoms with Crippen molar-refractivity contribution in [2.45, 2.75) is 11.5 Å². The lowest BCUT2D eigenvalue weighted by Crippen LogP contribution is -2.63. The molecule has 3 rings (SSSR count). The van der Waals surface area contributed by atoms with Crippen molar-refractivity contribution in [2.75, 3.05) is 33.0 Å². The Balaban J connectivity index is 1.87. The van der Waals surface area contributed by atoms with Crippen LogP contribution in [0, 0.1) is 0 Å². The second-order valence-electron chi connectivity index (χ2n) is 4.47. The topological polar surface area (TPSA) is 43.4 Å². The van der Waals surface area contributed by atoms with Crippen LogP contribution in [0.2, 0.25) is 0 Å². The van der Waals surface area contributed by atoms with Crippen molar-refractivity contribution in [1.29, 1.82) is 0 Å². The Labute approximate surface area is 95.0 Å². The van der Waals surface area contributed by atoms with Gasteiger partial charge in [-0.3, -0.25) is 4.98 Å². The van der Waals surface area contributed by atoms with E-state index in [-0.39, 0.29) is 5.41 Å². The van der Waals surface area contributed by atoms with Gasteiger partial charge in [0.2, 0.25) is 0 Å². The average Bonchev–Trinajstić information content (AvgIpc) is 2.31. The van der Waals surface area contributed by atoms with E-state index in [1.807, 2.05) is 12.4 Å². The van der Waals surface area contributed by atoms with Gasteiger partial charge in [0.1, 0.15) is 0 Å². The number of ether oxygens (including phenoxy) is 2. The molecule has 3 heterocycles. The fourth-order valence-electron chi connectivity index (χ4n) is 2.50. The minimum absolute atomic E-state index is 0.0867. The molecule has 1 N–H and O–H groups in total. The normalized spacial score (nSPS) is 28.4. The third kappa shape index (κ3) is 1.54. The van der Waals surface area contributed by atoms with Gasteiger partial charge in [0.25, 0.3) is 0 Å². The molecule has 0 radical (unpaired) electrons. The van der Waals surface area contributed by atoms with Crippen LogP contribution in [0.5, 0.6) is 0 Å². The molecule has 1 aromatic heterocycles. The smallest absolute Gasteiger partial charge is 0.0630 e. The van der Waals surface area contributed by atoms with Crippen LogP contribution >= 0.6 is 0 Å². The molecule has 0 bridgehead atoms. The summed E-state index contributed by atoms with van der Waals surface area (Å²) in [5, 5.41) is 3.53. The van der Waals surface area contributed by atoms with E-state index in [4.69, 9.17) is 9.47 Å². The van der Waals surface area contributed by atoms with Crippen molar-refractivity contribution in [3.05, 3.63) is 30.1 Å². The minimum atomic E-state index is 0.0867. The molecule has 2 fully saturated rings. The molecule has 2 aliphatic heterocycles. The standard InChI is InChI=1S/C12H16N2O2/c1-3-13-4-2-10(1)12(8-16-9-12)11-7-15-6-5-14-11/h1-4,11,14H,5-9H2. The van der Waals surface area contributed by atoms with Gasteiger partial charge in [-0.2, -0.15) is 0 Å². The van der Waals surface area contributed by atoms with E-state index in [2.05, 4.69) is 22.4 Å². The highest BCUT2D eigenvalue weighted by Crippen LogP contribution is 2.36. The SMILES string of the molecule is c1cc(C2(C3COCCN3)COC2)ccn1. The molecular weight excluding hydrogens is 204 g/mol. The Morgan fingerprint density at radius 2 is 2.06 bits per heavy atom. The summed E-state index contributed by atoms with van der Waals surface area (Å²) < 4.78 is 11.0. The fourth-order valence-corrected chi connectivity index (χ4v) is 2.50. The van der Waals surface area contributed by atoms with E-state index < -0.39 is 0 Å². The largest absolute Gasteiger partial charge is 0.379 e. The van der Waals surface area contributed by atoms with Crippen molar-refractivity contribution in [3.8, 4) is 0 Å². The molecule has 4 nitrogen and oxygen atoms in total. The number of hydrogen-bond acceptors (Lipinski definition) is 4. The summed E-state index contributed by atoms with van der Waals surface area (Å²) in [6, 6.07) is 4.52. The van der Waals surface area contributed by atoms with Crippen LogP contribution in [0.25, 0.3) is 0 Å². The van der Waals surface area contributed by atoms with Crippen LogP contribution in [0.3, 0.4) is 0 Å². The molecule has 0 aromatic carbocycles. The maximum absolute atomic E-state index is 5.55. The number of rotatable bonds is 2. The van der Waals surface area contributed by atoms with Gasteiger partial charge in [-0.15, -0.1) is 0 Å². The average molecular weight is 220 g/mol. The molecule has 0 spiro atoms. The fraction of sp³-hybridized carbons (Fsp3) is 0.583. The molecule has 1 atom stereocenters. The van der Waals surface area contributed by atoms with Crippen LogP contribution in [0.15, 0.2) is 24.5 Å². The quantitative estimate of drug-likeness (QED) is 0.780. The van der Waals surface area contributed by atoms with Gasteiger partial charge in [-0.25, -0.2) is 0 Å². The summed E-state index contributed by atoms with van der Waals surface area (Å²) in [6.07, 6.45) is 3.69. The first-order valence-electron chi connectivity index (χ1n) is 5.71. The van der Waals surface area contributed by atoms with E-state index >= 15 is 0 Å². The van der Waals surface area contributed by atoms with Gasteiger partial charge in [-0.05, 0) is 17.7 Å². The van der Waals surface area contributed by atoms with Crippen LogP contribution in [-0.4, -0.2) is 44.0 Å². The van der Waals surface area contributed by atoms with Crippen molar-refractivity contribution >= 4 is 0 Å². The lowest BCUT2D eigenvalue weighted by Gasteiger charge is -2.48. The molecule has 0 amide bonds. The second kappa shape index (κ2) is 4.13. The van der Waals surface area contributed by atoms with Gasteiger partial charge in [0, 0.05) is 25.0 Å². The first-order chi connectivity index (χ1) is 7.92. The monoisotopic (exact) mass is 220 g/mol. The summed E-state index contributed by atoms with van der Waals surface area (Å²) in [7, 11) is 0. The van der Waals surface area contributed by atoms with Crippen molar-refractivity contribution < 1.29 is 9.47 Å². The number of nitrogens with one attached hydrogen (secondary N) is 1. The Bertz CT molecular complexity index is 345. The van der Waals surface area contributed by atoms with Gasteiger partial charge in [0.05, 0.1) is 31.8 Å². The molecule has 86 valence electrons. The van der Waals surface area contributed by atoms with E-state index in [1.54, 1.807) is 0 Å². The van der Waals surface area contributed by atoms with Gasteiger partial charge in [-0.1, -0.05) is 0 Å². The Kier molecular flexibility index (Phi) is 2.63. The highest BCUT2D eigenvalue weighted by Gasteiger charge is 2.47. The zero-order chi connectivity index (χ0) is 10.8. The summed E-state index contributed by atoms with van der Waals surface area (Å²) in [5.74, 6) is 0. The highest BCUT2D eigenvalue weighted by atomic mass is 16.5. The first-order valence-corrected chi connectivity index (χ1v) is 5.71. The van der Waals surface area contributed by atoms with Gasteiger partial charge >= 0.3 is 0 Å². The zero-order valence-corrected chi connectivity index (χ0v) is 9.19. The maximum atomic E-state index is 5.55. The molecule has 1 aromatic rings. The van der Waals surface area contributed by atoms with E-state index in [0.717, 1.165) is 33.0 Å². The molecule has 1 unspecified atom stereocenters. The third-order valence-electron chi connectivity index (χ3n) is 3.56. The highest BCUT2D eigenvalue weighted by molar-refractivity contribution is 5.29. The predicted molar refractivity (Wildman–Crippen MR) is 59.3 cm³/mol. The maximum Gasteiger partial charge on any atom is 0.0630 e. The molecule has 2 aliphatic rings. The zero-order valence-electron chi connectivity index (χ0n) is 9.19. The third-order valence-corrected chi connectivity index (χ3v) is 3.56. The van der Waals surface area contributed by atoms with Crippen molar-refractivity contribution in [1.82, 2.24) is 10.3 Å². The van der Waals surface area contributed by atoms with Crippen LogP contribution in [0.1, 0.15) is 5.56 Å². The van der Waals surface area contributed by atoms with Crippen molar-refractivity contribution in [3.63, 3.8) is 0 Å².